The largest absolute Gasteiger partial charge is 0.0683 e. The summed E-state index contributed by atoms with van der Waals surface area (Å²) in [5, 5.41) is 0. The van der Waals surface area contributed by atoms with Gasteiger partial charge in [-0.25, -0.2) is 0 Å². The van der Waals surface area contributed by atoms with Crippen LogP contribution in [0, 0.1) is 28.6 Å². The third kappa shape index (κ3) is 5.37. The molecule has 0 spiro atoms. The van der Waals surface area contributed by atoms with Gasteiger partial charge in [0.15, 0.2) is 0 Å². The lowest BCUT2D eigenvalue weighted by molar-refractivity contribution is 0.238. The number of hydrogen-bond acceptors (Lipinski definition) is 0. The predicted molar refractivity (Wildman–Crippen MR) is 75.6 cm³/mol. The van der Waals surface area contributed by atoms with Crippen molar-refractivity contribution in [2.75, 3.05) is 0 Å². The highest BCUT2D eigenvalue weighted by Gasteiger charge is 2.54. The van der Waals surface area contributed by atoms with Gasteiger partial charge in [-0.2, -0.15) is 0 Å². The number of rotatable bonds is 0. The fourth-order valence-corrected chi connectivity index (χ4v) is 2.56. The van der Waals surface area contributed by atoms with Gasteiger partial charge in [-0.05, 0) is 41.4 Å². The molecule has 2 saturated carbocycles. The molecule has 0 N–H and O–H groups in total. The Balaban J connectivity index is 0.000000280. The van der Waals surface area contributed by atoms with Gasteiger partial charge in [-0.15, -0.1) is 0 Å². The van der Waals surface area contributed by atoms with Crippen molar-refractivity contribution < 1.29 is 0 Å². The summed E-state index contributed by atoms with van der Waals surface area (Å²) < 4.78 is 0. The molecule has 0 aromatic carbocycles. The maximum atomic E-state index is 2.43. The van der Waals surface area contributed by atoms with E-state index in [0.717, 1.165) is 17.8 Å². The quantitative estimate of drug-likeness (QED) is 0.492. The molecular weight excluding hydrogens is 192 g/mol. The average molecular weight is 226 g/mol. The van der Waals surface area contributed by atoms with Gasteiger partial charge in [0, 0.05) is 0 Å². The monoisotopic (exact) mass is 226 g/mol. The Morgan fingerprint density at radius 3 is 1.50 bits per heavy atom. The summed E-state index contributed by atoms with van der Waals surface area (Å²) in [4.78, 5) is 0. The Labute approximate surface area is 104 Å². The van der Waals surface area contributed by atoms with E-state index >= 15 is 0 Å². The van der Waals surface area contributed by atoms with E-state index in [1.807, 2.05) is 13.8 Å². The lowest BCUT2D eigenvalue weighted by Crippen LogP contribution is -2.17. The zero-order valence-electron chi connectivity index (χ0n) is 13.1. The van der Waals surface area contributed by atoms with Gasteiger partial charge in [-0.1, -0.05) is 62.3 Å². The topological polar surface area (TPSA) is 0 Å². The van der Waals surface area contributed by atoms with Crippen LogP contribution >= 0.6 is 0 Å². The summed E-state index contributed by atoms with van der Waals surface area (Å²) in [7, 11) is 0. The second kappa shape index (κ2) is 5.56. The van der Waals surface area contributed by atoms with E-state index < -0.39 is 0 Å². The Hall–Kier alpha value is 0. The second-order valence-electron chi connectivity index (χ2n) is 7.64. The highest BCUT2D eigenvalue weighted by Crippen LogP contribution is 2.62. The van der Waals surface area contributed by atoms with E-state index in [-0.39, 0.29) is 0 Å². The lowest BCUT2D eigenvalue weighted by atomic mass is 9.79. The van der Waals surface area contributed by atoms with Crippen LogP contribution in [0.5, 0.6) is 0 Å². The van der Waals surface area contributed by atoms with Crippen molar-refractivity contribution in [1.29, 1.82) is 0 Å². The summed E-state index contributed by atoms with van der Waals surface area (Å²) in [6.45, 7) is 20.0. The van der Waals surface area contributed by atoms with Crippen molar-refractivity contribution in [2.45, 2.75) is 75.2 Å². The first-order chi connectivity index (χ1) is 7.11. The molecule has 2 rings (SSSR count). The van der Waals surface area contributed by atoms with E-state index in [1.165, 1.54) is 6.42 Å². The van der Waals surface area contributed by atoms with Crippen LogP contribution in [0.15, 0.2) is 0 Å². The van der Waals surface area contributed by atoms with E-state index in [1.54, 1.807) is 6.42 Å². The molecule has 3 unspecified atom stereocenters. The van der Waals surface area contributed by atoms with Crippen LogP contribution < -0.4 is 0 Å². The van der Waals surface area contributed by atoms with E-state index in [9.17, 15) is 0 Å². The Morgan fingerprint density at radius 2 is 1.38 bits per heavy atom. The number of fused-ring (bicyclic) bond motifs is 1. The fourth-order valence-electron chi connectivity index (χ4n) is 2.56. The van der Waals surface area contributed by atoms with Crippen LogP contribution in [0.4, 0.5) is 0 Å². The summed E-state index contributed by atoms with van der Waals surface area (Å²) in [6, 6.07) is 0. The summed E-state index contributed by atoms with van der Waals surface area (Å²) in [5.41, 5.74) is 1.17. The molecule has 0 heterocycles. The van der Waals surface area contributed by atoms with Crippen molar-refractivity contribution >= 4 is 0 Å². The average Bonchev–Trinajstić information content (AvgIpc) is 2.77. The first kappa shape index (κ1) is 16.0. The highest BCUT2D eigenvalue weighted by molar-refractivity contribution is 5.03. The van der Waals surface area contributed by atoms with Crippen LogP contribution in [0.3, 0.4) is 0 Å². The van der Waals surface area contributed by atoms with Crippen LogP contribution in [0.25, 0.3) is 0 Å². The second-order valence-corrected chi connectivity index (χ2v) is 7.64. The molecule has 0 amide bonds. The Morgan fingerprint density at radius 1 is 1.00 bits per heavy atom. The molecule has 0 bridgehead atoms. The van der Waals surface area contributed by atoms with Gasteiger partial charge in [0.2, 0.25) is 0 Å². The summed E-state index contributed by atoms with van der Waals surface area (Å²) >= 11 is 0. The molecule has 3 atom stereocenters. The van der Waals surface area contributed by atoms with Crippen LogP contribution in [0.1, 0.15) is 75.2 Å². The van der Waals surface area contributed by atoms with Gasteiger partial charge >= 0.3 is 0 Å². The smallest absolute Gasteiger partial charge is 0.0323 e. The van der Waals surface area contributed by atoms with Gasteiger partial charge in [-0.3, -0.25) is 0 Å². The Kier molecular flexibility index (Phi) is 5.56. The molecule has 2 aliphatic rings. The fraction of sp³-hybridized carbons (Fsp3) is 1.00. The van der Waals surface area contributed by atoms with Gasteiger partial charge in [0.25, 0.3) is 0 Å². The third-order valence-corrected chi connectivity index (χ3v) is 3.64. The molecular formula is C16H34. The molecule has 2 aliphatic carbocycles. The molecule has 0 aromatic heterocycles. The third-order valence-electron chi connectivity index (χ3n) is 3.64. The molecule has 98 valence electrons. The van der Waals surface area contributed by atoms with E-state index in [4.69, 9.17) is 0 Å². The molecule has 0 aromatic rings. The van der Waals surface area contributed by atoms with Crippen molar-refractivity contribution in [3.8, 4) is 0 Å². The van der Waals surface area contributed by atoms with Gasteiger partial charge in [0.1, 0.15) is 0 Å². The van der Waals surface area contributed by atoms with Crippen molar-refractivity contribution in [3.05, 3.63) is 0 Å². The van der Waals surface area contributed by atoms with E-state index in [0.29, 0.717) is 10.8 Å². The molecule has 0 radical (unpaired) electrons. The minimum Gasteiger partial charge on any atom is -0.0683 e. The molecule has 0 aliphatic heterocycles. The zero-order valence-corrected chi connectivity index (χ0v) is 13.1. The Bertz CT molecular complexity index is 189. The lowest BCUT2D eigenvalue weighted by Gasteiger charge is -2.26. The molecule has 0 heteroatoms. The van der Waals surface area contributed by atoms with Crippen molar-refractivity contribution in [1.82, 2.24) is 0 Å². The van der Waals surface area contributed by atoms with Crippen molar-refractivity contribution in [3.63, 3.8) is 0 Å². The van der Waals surface area contributed by atoms with Gasteiger partial charge in [0.05, 0.1) is 0 Å². The molecule has 2 fully saturated rings. The van der Waals surface area contributed by atoms with Crippen LogP contribution in [-0.2, 0) is 0 Å². The molecule has 16 heavy (non-hydrogen) atoms. The van der Waals surface area contributed by atoms with Crippen LogP contribution in [0.2, 0.25) is 0 Å². The maximum absolute atomic E-state index is 2.43. The summed E-state index contributed by atoms with van der Waals surface area (Å²) in [5.74, 6) is 3.26. The maximum Gasteiger partial charge on any atom is -0.0323 e. The molecule has 0 nitrogen and oxygen atoms in total. The normalized spacial score (nSPS) is 33.9. The standard InChI is InChI=1S/C9H16.C5H12.C2H6/c1-6-8-4-7(8)5-9(6,2)3;1-5(2,3)4;1-2/h6-8H,4-5H2,1-3H3;1-4H3;1-2H3. The van der Waals surface area contributed by atoms with Gasteiger partial charge < -0.3 is 0 Å². The SMILES string of the molecule is CC.CC(C)(C)C.CC1C2CC2CC1(C)C. The van der Waals surface area contributed by atoms with Crippen LogP contribution in [-0.4, -0.2) is 0 Å². The zero-order chi connectivity index (χ0) is 13.1. The number of hydrogen-bond donors (Lipinski definition) is 0. The molecule has 0 saturated heterocycles. The minimum atomic E-state index is 0.500. The van der Waals surface area contributed by atoms with Crippen molar-refractivity contribution in [2.24, 2.45) is 28.6 Å². The van der Waals surface area contributed by atoms with E-state index in [2.05, 4.69) is 48.5 Å². The predicted octanol–water partition coefficient (Wildman–Crippen LogP) is 5.77. The summed E-state index contributed by atoms with van der Waals surface area (Å²) in [6.07, 6.45) is 3.05. The highest BCUT2D eigenvalue weighted by atomic mass is 14.6. The first-order valence-corrected chi connectivity index (χ1v) is 7.11. The first-order valence-electron chi connectivity index (χ1n) is 7.11. The minimum absolute atomic E-state index is 0.500.